The van der Waals surface area contributed by atoms with E-state index in [9.17, 15) is 24.4 Å². The quantitative estimate of drug-likeness (QED) is 0.409. The molecule has 1 N–H and O–H groups in total. The largest absolute Gasteiger partial charge is 0.487 e. The second-order valence-corrected chi connectivity index (χ2v) is 9.82. The molecule has 10 heteroatoms. The van der Waals surface area contributed by atoms with Crippen molar-refractivity contribution < 1.29 is 28.7 Å². The normalized spacial score (nSPS) is 15.3. The van der Waals surface area contributed by atoms with E-state index in [-0.39, 0.29) is 23.8 Å². The number of nitro benzene ring substituents is 1. The molecule has 0 spiro atoms. The van der Waals surface area contributed by atoms with Gasteiger partial charge in [-0.25, -0.2) is 9.18 Å². The van der Waals surface area contributed by atoms with Crippen molar-refractivity contribution in [3.05, 3.63) is 75.1 Å². The van der Waals surface area contributed by atoms with Gasteiger partial charge in [0.05, 0.1) is 28.7 Å². The molecule has 0 radical (unpaired) electrons. The number of piperidine rings is 1. The van der Waals surface area contributed by atoms with E-state index < -0.39 is 34.2 Å². The maximum atomic E-state index is 14.7. The van der Waals surface area contributed by atoms with Crippen LogP contribution in [0.1, 0.15) is 50.3 Å². The molecule has 0 aliphatic carbocycles. The third kappa shape index (κ3) is 8.02. The summed E-state index contributed by atoms with van der Waals surface area (Å²) in [6, 6.07) is 10.8. The van der Waals surface area contributed by atoms with E-state index in [1.165, 1.54) is 12.1 Å². The molecule has 0 bridgehead atoms. The van der Waals surface area contributed by atoms with Crippen LogP contribution in [0.15, 0.2) is 42.5 Å². The third-order valence-electron chi connectivity index (χ3n) is 5.67. The first-order valence-corrected chi connectivity index (χ1v) is 11.9. The monoisotopic (exact) mass is 511 g/mol. The molecule has 9 nitrogen and oxygen atoms in total. The maximum Gasteiger partial charge on any atom is 0.410 e. The molecule has 1 heterocycles. The van der Waals surface area contributed by atoms with Crippen LogP contribution >= 0.6 is 0 Å². The highest BCUT2D eigenvalue weighted by molar-refractivity contribution is 5.68. The first-order valence-electron chi connectivity index (χ1n) is 11.9. The highest BCUT2D eigenvalue weighted by Crippen LogP contribution is 2.31. The predicted molar refractivity (Wildman–Crippen MR) is 134 cm³/mol. The van der Waals surface area contributed by atoms with E-state index >= 15 is 0 Å². The number of halogens is 1. The van der Waals surface area contributed by atoms with E-state index in [0.717, 1.165) is 6.07 Å². The SMILES string of the molecule is CC(C)(C)OC(=O)N1CCC(Oc2cc(CC(O)/C=C/c3cccc(C#N)c3)c([N+](=O)[O-])cc2F)CC1. The second kappa shape index (κ2) is 11.8. The van der Waals surface area contributed by atoms with Crippen LogP contribution in [0.25, 0.3) is 6.08 Å². The van der Waals surface area contributed by atoms with Crippen molar-refractivity contribution in [3.63, 3.8) is 0 Å². The standard InChI is InChI=1S/C27H30FN3O6/c1-27(2,3)37-26(33)30-11-9-22(10-12-30)36-25-15-20(24(31(34)35)16-23(25)28)14-21(32)8-7-18-5-4-6-19(13-18)17-29/h4-8,13,15-16,21-22,32H,9-12,14H2,1-3H3/b8-7+. The number of ether oxygens (including phenoxy) is 2. The first-order chi connectivity index (χ1) is 17.4. The van der Waals surface area contributed by atoms with Gasteiger partial charge in [-0.2, -0.15) is 5.26 Å². The molecular weight excluding hydrogens is 481 g/mol. The van der Waals surface area contributed by atoms with Gasteiger partial charge in [-0.3, -0.25) is 10.1 Å². The lowest BCUT2D eigenvalue weighted by atomic mass is 10.0. The Kier molecular flexibility index (Phi) is 8.84. The highest BCUT2D eigenvalue weighted by atomic mass is 19.1. The zero-order valence-corrected chi connectivity index (χ0v) is 21.0. The zero-order valence-electron chi connectivity index (χ0n) is 21.0. The van der Waals surface area contributed by atoms with E-state index in [1.54, 1.807) is 56.0 Å². The number of aliphatic hydroxyl groups is 1. The minimum atomic E-state index is -1.10. The van der Waals surface area contributed by atoms with Crippen LogP contribution in [0.2, 0.25) is 0 Å². The number of hydrogen-bond acceptors (Lipinski definition) is 7. The predicted octanol–water partition coefficient (Wildman–Crippen LogP) is 5.00. The number of nitrogens with zero attached hydrogens (tertiary/aromatic N) is 3. The van der Waals surface area contributed by atoms with Crippen LogP contribution in [-0.4, -0.2) is 51.9 Å². The third-order valence-corrected chi connectivity index (χ3v) is 5.67. The fourth-order valence-electron chi connectivity index (χ4n) is 3.90. The van der Waals surface area contributed by atoms with Gasteiger partial charge in [-0.15, -0.1) is 0 Å². The van der Waals surface area contributed by atoms with Crippen molar-refractivity contribution in [2.24, 2.45) is 0 Å². The summed E-state index contributed by atoms with van der Waals surface area (Å²) in [7, 11) is 0. The molecule has 196 valence electrons. The van der Waals surface area contributed by atoms with E-state index in [4.69, 9.17) is 14.7 Å². The zero-order chi connectivity index (χ0) is 27.2. The molecule has 1 aliphatic heterocycles. The van der Waals surface area contributed by atoms with Gasteiger partial charge < -0.3 is 19.5 Å². The number of carbonyl (C=O) groups excluding carboxylic acids is 1. The van der Waals surface area contributed by atoms with Gasteiger partial charge in [0, 0.05) is 37.9 Å². The van der Waals surface area contributed by atoms with Crippen molar-refractivity contribution in [3.8, 4) is 11.8 Å². The summed E-state index contributed by atoms with van der Waals surface area (Å²) < 4.78 is 25.9. The summed E-state index contributed by atoms with van der Waals surface area (Å²) in [4.78, 5) is 24.6. The Morgan fingerprint density at radius 3 is 2.65 bits per heavy atom. The number of nitro groups is 1. The number of carbonyl (C=O) groups is 1. The number of hydrogen-bond donors (Lipinski definition) is 1. The average Bonchev–Trinajstić information content (AvgIpc) is 2.84. The average molecular weight is 512 g/mol. The Hall–Kier alpha value is -3.97. The fraction of sp³-hybridized carbons (Fsp3) is 0.407. The number of amides is 1. The van der Waals surface area contributed by atoms with E-state index in [0.29, 0.717) is 37.1 Å². The van der Waals surface area contributed by atoms with E-state index in [1.807, 2.05) is 6.07 Å². The molecule has 0 aromatic heterocycles. The Morgan fingerprint density at radius 1 is 1.32 bits per heavy atom. The molecule has 1 fully saturated rings. The van der Waals surface area contributed by atoms with Gasteiger partial charge in [-0.1, -0.05) is 24.3 Å². The molecular formula is C27H30FN3O6. The Labute approximate surface area is 214 Å². The Morgan fingerprint density at radius 2 is 2.03 bits per heavy atom. The molecule has 1 aliphatic rings. The lowest BCUT2D eigenvalue weighted by Gasteiger charge is -2.33. The van der Waals surface area contributed by atoms with Gasteiger partial charge in [0.25, 0.3) is 5.69 Å². The topological polar surface area (TPSA) is 126 Å². The molecule has 2 aromatic carbocycles. The van der Waals surface area contributed by atoms with Gasteiger partial charge in [-0.05, 0) is 44.5 Å². The van der Waals surface area contributed by atoms with Gasteiger partial charge in [0.1, 0.15) is 11.7 Å². The molecule has 3 rings (SSSR count). The Bertz CT molecular complexity index is 1210. The number of benzene rings is 2. The van der Waals surface area contributed by atoms with Crippen LogP contribution < -0.4 is 4.74 Å². The van der Waals surface area contributed by atoms with Crippen molar-refractivity contribution in [1.29, 1.82) is 5.26 Å². The highest BCUT2D eigenvalue weighted by Gasteiger charge is 2.29. The summed E-state index contributed by atoms with van der Waals surface area (Å²) in [6.07, 6.45) is 1.90. The minimum absolute atomic E-state index is 0.121. The number of nitriles is 1. The van der Waals surface area contributed by atoms with Crippen LogP contribution in [-0.2, 0) is 11.2 Å². The van der Waals surface area contributed by atoms with Gasteiger partial charge in [0.15, 0.2) is 11.6 Å². The van der Waals surface area contributed by atoms with Crippen LogP contribution in [0.5, 0.6) is 5.75 Å². The van der Waals surface area contributed by atoms with E-state index in [2.05, 4.69) is 0 Å². The summed E-state index contributed by atoms with van der Waals surface area (Å²) in [6.45, 7) is 6.10. The fourth-order valence-corrected chi connectivity index (χ4v) is 3.90. The molecule has 1 unspecified atom stereocenters. The van der Waals surface area contributed by atoms with Gasteiger partial charge in [0.2, 0.25) is 0 Å². The molecule has 2 aromatic rings. The molecule has 0 saturated carbocycles. The summed E-state index contributed by atoms with van der Waals surface area (Å²) in [5, 5.41) is 31.0. The molecule has 1 saturated heterocycles. The van der Waals surface area contributed by atoms with Gasteiger partial charge >= 0.3 is 6.09 Å². The first kappa shape index (κ1) is 27.6. The lowest BCUT2D eigenvalue weighted by Crippen LogP contribution is -2.44. The van der Waals surface area contributed by atoms with Crippen molar-refractivity contribution >= 4 is 17.9 Å². The number of rotatable bonds is 7. The molecule has 37 heavy (non-hydrogen) atoms. The van der Waals surface area contributed by atoms with Crippen molar-refractivity contribution in [2.45, 2.75) is 57.8 Å². The van der Waals surface area contributed by atoms with Crippen molar-refractivity contribution in [2.75, 3.05) is 13.1 Å². The summed E-state index contributed by atoms with van der Waals surface area (Å²) >= 11 is 0. The second-order valence-electron chi connectivity index (χ2n) is 9.82. The lowest BCUT2D eigenvalue weighted by molar-refractivity contribution is -0.385. The number of likely N-dealkylation sites (tertiary alicyclic amines) is 1. The maximum absolute atomic E-state index is 14.7. The van der Waals surface area contributed by atoms with Crippen molar-refractivity contribution in [1.82, 2.24) is 4.90 Å². The molecule has 1 atom stereocenters. The summed E-state index contributed by atoms with van der Waals surface area (Å²) in [5.41, 5.74) is 0.209. The minimum Gasteiger partial charge on any atom is -0.487 e. The van der Waals surface area contributed by atoms with Crippen LogP contribution in [0.4, 0.5) is 14.9 Å². The number of aliphatic hydroxyl groups excluding tert-OH is 1. The Balaban J connectivity index is 1.69. The summed E-state index contributed by atoms with van der Waals surface area (Å²) in [5.74, 6) is -1.02. The molecule has 1 amide bonds. The van der Waals surface area contributed by atoms with Crippen LogP contribution in [0.3, 0.4) is 0 Å². The van der Waals surface area contributed by atoms with Crippen LogP contribution in [0, 0.1) is 27.3 Å². The smallest absolute Gasteiger partial charge is 0.410 e.